The average molecular weight is 352 g/mol. The Kier molecular flexibility index (Phi) is 5.60. The van der Waals surface area contributed by atoms with E-state index < -0.39 is 0 Å². The number of methoxy groups -OCH3 is 1. The SMILES string of the molecule is COc1cccc(CC(=O)Nc2cc(-c3cccnc3)nn2CCO)c1. The molecular formula is C19H20N4O3. The maximum atomic E-state index is 12.4. The first kappa shape index (κ1) is 17.6. The summed E-state index contributed by atoms with van der Waals surface area (Å²) in [5, 5.41) is 16.6. The monoisotopic (exact) mass is 352 g/mol. The number of amides is 1. The fourth-order valence-corrected chi connectivity index (χ4v) is 2.59. The first-order valence-electron chi connectivity index (χ1n) is 8.21. The topological polar surface area (TPSA) is 89.3 Å². The summed E-state index contributed by atoms with van der Waals surface area (Å²) in [6, 6.07) is 12.9. The molecule has 134 valence electrons. The number of ether oxygens (including phenoxy) is 1. The number of hydrogen-bond donors (Lipinski definition) is 2. The number of pyridine rings is 1. The van der Waals surface area contributed by atoms with E-state index in [1.807, 2.05) is 36.4 Å². The summed E-state index contributed by atoms with van der Waals surface area (Å²) in [5.41, 5.74) is 2.37. The summed E-state index contributed by atoms with van der Waals surface area (Å²) in [4.78, 5) is 16.5. The lowest BCUT2D eigenvalue weighted by molar-refractivity contribution is -0.115. The molecule has 0 fully saturated rings. The molecule has 2 aromatic heterocycles. The van der Waals surface area contributed by atoms with Gasteiger partial charge in [0.25, 0.3) is 0 Å². The second kappa shape index (κ2) is 8.26. The van der Waals surface area contributed by atoms with Crippen LogP contribution in [0, 0.1) is 0 Å². The van der Waals surface area contributed by atoms with Gasteiger partial charge in [-0.3, -0.25) is 9.78 Å². The summed E-state index contributed by atoms with van der Waals surface area (Å²) in [6.07, 6.45) is 3.60. The molecule has 2 N–H and O–H groups in total. The van der Waals surface area contributed by atoms with E-state index in [4.69, 9.17) is 4.74 Å². The van der Waals surface area contributed by atoms with Crippen LogP contribution in [0.1, 0.15) is 5.56 Å². The molecule has 0 aliphatic carbocycles. The molecule has 1 amide bonds. The first-order valence-corrected chi connectivity index (χ1v) is 8.21. The van der Waals surface area contributed by atoms with Crippen molar-refractivity contribution >= 4 is 11.7 Å². The lowest BCUT2D eigenvalue weighted by Gasteiger charge is -2.08. The van der Waals surface area contributed by atoms with Gasteiger partial charge in [-0.2, -0.15) is 5.10 Å². The Morgan fingerprint density at radius 2 is 2.15 bits per heavy atom. The lowest BCUT2D eigenvalue weighted by Crippen LogP contribution is -2.18. The highest BCUT2D eigenvalue weighted by Gasteiger charge is 2.13. The minimum atomic E-state index is -0.171. The van der Waals surface area contributed by atoms with Crippen molar-refractivity contribution in [1.29, 1.82) is 0 Å². The Morgan fingerprint density at radius 3 is 2.88 bits per heavy atom. The molecule has 0 aliphatic heterocycles. The van der Waals surface area contributed by atoms with Gasteiger partial charge in [0.1, 0.15) is 11.6 Å². The summed E-state index contributed by atoms with van der Waals surface area (Å²) in [6.45, 7) is 0.210. The number of hydrogen-bond acceptors (Lipinski definition) is 5. The van der Waals surface area contributed by atoms with Crippen molar-refractivity contribution in [2.24, 2.45) is 0 Å². The van der Waals surface area contributed by atoms with Gasteiger partial charge in [0.2, 0.25) is 5.91 Å². The minimum absolute atomic E-state index is 0.0765. The molecule has 7 heteroatoms. The zero-order valence-electron chi connectivity index (χ0n) is 14.4. The predicted molar refractivity (Wildman–Crippen MR) is 97.9 cm³/mol. The molecule has 0 aliphatic rings. The van der Waals surface area contributed by atoms with E-state index in [2.05, 4.69) is 15.4 Å². The molecule has 0 radical (unpaired) electrons. The fourth-order valence-electron chi connectivity index (χ4n) is 2.59. The van der Waals surface area contributed by atoms with Gasteiger partial charge < -0.3 is 15.2 Å². The van der Waals surface area contributed by atoms with Gasteiger partial charge in [0.05, 0.1) is 32.4 Å². The Bertz CT molecular complexity index is 878. The Labute approximate surface area is 151 Å². The quantitative estimate of drug-likeness (QED) is 0.680. The molecule has 0 saturated heterocycles. The molecule has 7 nitrogen and oxygen atoms in total. The van der Waals surface area contributed by atoms with Gasteiger partial charge in [0.15, 0.2) is 0 Å². The number of anilines is 1. The Hall–Kier alpha value is -3.19. The van der Waals surface area contributed by atoms with Crippen LogP contribution in [0.4, 0.5) is 5.82 Å². The molecule has 0 spiro atoms. The third-order valence-electron chi connectivity index (χ3n) is 3.82. The van der Waals surface area contributed by atoms with E-state index in [9.17, 15) is 9.90 Å². The molecule has 3 aromatic rings. The third kappa shape index (κ3) is 4.25. The van der Waals surface area contributed by atoms with Crippen molar-refractivity contribution < 1.29 is 14.6 Å². The molecule has 0 atom stereocenters. The van der Waals surface area contributed by atoms with Crippen molar-refractivity contribution in [3.8, 4) is 17.0 Å². The molecule has 0 saturated carbocycles. The second-order valence-corrected chi connectivity index (χ2v) is 5.68. The van der Waals surface area contributed by atoms with E-state index in [0.29, 0.717) is 17.3 Å². The van der Waals surface area contributed by atoms with Crippen LogP contribution in [0.5, 0.6) is 5.75 Å². The van der Waals surface area contributed by atoms with Crippen LogP contribution in [0.25, 0.3) is 11.3 Å². The van der Waals surface area contributed by atoms with Crippen LogP contribution in [-0.4, -0.2) is 39.5 Å². The zero-order valence-corrected chi connectivity index (χ0v) is 14.4. The van der Waals surface area contributed by atoms with Crippen LogP contribution in [0.15, 0.2) is 54.9 Å². The predicted octanol–water partition coefficient (Wildman–Crippen LogP) is 2.13. The maximum absolute atomic E-state index is 12.4. The molecule has 3 rings (SSSR count). The van der Waals surface area contributed by atoms with Gasteiger partial charge in [-0.25, -0.2) is 4.68 Å². The summed E-state index contributed by atoms with van der Waals surface area (Å²) in [5.74, 6) is 1.07. The van der Waals surface area contributed by atoms with E-state index in [1.54, 1.807) is 30.3 Å². The number of carbonyl (C=O) groups is 1. The number of aromatic nitrogens is 3. The zero-order chi connectivity index (χ0) is 18.4. The second-order valence-electron chi connectivity index (χ2n) is 5.68. The fraction of sp³-hybridized carbons (Fsp3) is 0.211. The van der Waals surface area contributed by atoms with Crippen molar-refractivity contribution in [2.45, 2.75) is 13.0 Å². The first-order chi connectivity index (χ1) is 12.7. The molecule has 0 bridgehead atoms. The van der Waals surface area contributed by atoms with Crippen LogP contribution < -0.4 is 10.1 Å². The molecular weight excluding hydrogens is 332 g/mol. The van der Waals surface area contributed by atoms with Crippen molar-refractivity contribution in [3.05, 3.63) is 60.4 Å². The van der Waals surface area contributed by atoms with Crippen LogP contribution in [-0.2, 0) is 17.8 Å². The largest absolute Gasteiger partial charge is 0.497 e. The Morgan fingerprint density at radius 1 is 1.27 bits per heavy atom. The standard InChI is InChI=1S/C19H20N4O3/c1-26-16-6-2-4-14(10-16)11-19(25)21-18-12-17(22-23(18)8-9-24)15-5-3-7-20-13-15/h2-7,10,12-13,24H,8-9,11H2,1H3,(H,21,25). The van der Waals surface area contributed by atoms with Gasteiger partial charge >= 0.3 is 0 Å². The summed E-state index contributed by atoms with van der Waals surface area (Å²) in [7, 11) is 1.59. The number of aliphatic hydroxyl groups excluding tert-OH is 1. The van der Waals surface area contributed by atoms with Crippen molar-refractivity contribution in [2.75, 3.05) is 19.0 Å². The molecule has 0 unspecified atom stereocenters. The van der Waals surface area contributed by atoms with Gasteiger partial charge in [-0.05, 0) is 29.8 Å². The van der Waals surface area contributed by atoms with Gasteiger partial charge in [-0.1, -0.05) is 12.1 Å². The normalized spacial score (nSPS) is 10.5. The van der Waals surface area contributed by atoms with Gasteiger partial charge in [0, 0.05) is 24.0 Å². The number of nitrogens with zero attached hydrogens (tertiary/aromatic N) is 3. The van der Waals surface area contributed by atoms with Crippen molar-refractivity contribution in [3.63, 3.8) is 0 Å². The highest BCUT2D eigenvalue weighted by Crippen LogP contribution is 2.21. The van der Waals surface area contributed by atoms with Crippen LogP contribution in [0.2, 0.25) is 0 Å². The Balaban J connectivity index is 1.77. The van der Waals surface area contributed by atoms with E-state index in [1.165, 1.54) is 0 Å². The summed E-state index contributed by atoms with van der Waals surface area (Å²) < 4.78 is 6.75. The number of carbonyl (C=O) groups excluding carboxylic acids is 1. The number of benzene rings is 1. The number of rotatable bonds is 7. The average Bonchev–Trinajstić information content (AvgIpc) is 3.05. The summed E-state index contributed by atoms with van der Waals surface area (Å²) >= 11 is 0. The number of aliphatic hydroxyl groups is 1. The maximum Gasteiger partial charge on any atom is 0.229 e. The van der Waals surface area contributed by atoms with Gasteiger partial charge in [-0.15, -0.1) is 0 Å². The number of nitrogens with one attached hydrogen (secondary N) is 1. The lowest BCUT2D eigenvalue weighted by atomic mass is 10.1. The van der Waals surface area contributed by atoms with Crippen molar-refractivity contribution in [1.82, 2.24) is 14.8 Å². The molecule has 2 heterocycles. The highest BCUT2D eigenvalue weighted by molar-refractivity contribution is 5.92. The van der Waals surface area contributed by atoms with E-state index in [0.717, 1.165) is 11.1 Å². The third-order valence-corrected chi connectivity index (χ3v) is 3.82. The van der Waals surface area contributed by atoms with Crippen LogP contribution in [0.3, 0.4) is 0 Å². The van der Waals surface area contributed by atoms with E-state index >= 15 is 0 Å². The minimum Gasteiger partial charge on any atom is -0.497 e. The van der Waals surface area contributed by atoms with Crippen LogP contribution >= 0.6 is 0 Å². The molecule has 26 heavy (non-hydrogen) atoms. The van der Waals surface area contributed by atoms with E-state index in [-0.39, 0.29) is 25.5 Å². The molecule has 1 aromatic carbocycles. The highest BCUT2D eigenvalue weighted by atomic mass is 16.5. The smallest absolute Gasteiger partial charge is 0.229 e.